The van der Waals surface area contributed by atoms with Crippen molar-refractivity contribution in [3.05, 3.63) is 65.2 Å². The van der Waals surface area contributed by atoms with Crippen LogP contribution >= 0.6 is 0 Å². The summed E-state index contributed by atoms with van der Waals surface area (Å²) >= 11 is 0. The normalized spacial score (nSPS) is 10.8. The van der Waals surface area contributed by atoms with Gasteiger partial charge in [-0.15, -0.1) is 0 Å². The Bertz CT molecular complexity index is 945. The van der Waals surface area contributed by atoms with Gasteiger partial charge in [-0.1, -0.05) is 32.9 Å². The number of amides is 4. The number of primary amides is 1. The third-order valence-corrected chi connectivity index (χ3v) is 4.50. The zero-order valence-corrected chi connectivity index (χ0v) is 18.0. The molecular formula is C23H28N4O4. The van der Waals surface area contributed by atoms with Crippen molar-refractivity contribution in [1.29, 1.82) is 0 Å². The first-order chi connectivity index (χ1) is 14.6. The highest BCUT2D eigenvalue weighted by atomic mass is 16.2. The molecule has 0 heterocycles. The molecule has 0 saturated heterocycles. The molecule has 2 rings (SSSR count). The van der Waals surface area contributed by atoms with Gasteiger partial charge in [-0.2, -0.15) is 0 Å². The summed E-state index contributed by atoms with van der Waals surface area (Å²) in [5.41, 5.74) is 7.53. The van der Waals surface area contributed by atoms with E-state index in [9.17, 15) is 19.2 Å². The molecule has 0 atom stereocenters. The van der Waals surface area contributed by atoms with E-state index in [0.29, 0.717) is 16.8 Å². The van der Waals surface area contributed by atoms with E-state index < -0.39 is 11.8 Å². The number of hydrogen-bond acceptors (Lipinski definition) is 4. The smallest absolute Gasteiger partial charge is 0.251 e. The summed E-state index contributed by atoms with van der Waals surface area (Å²) in [7, 11) is 0. The lowest BCUT2D eigenvalue weighted by atomic mass is 9.87. The minimum Gasteiger partial charge on any atom is -0.368 e. The van der Waals surface area contributed by atoms with Crippen LogP contribution in [0.15, 0.2) is 48.5 Å². The van der Waals surface area contributed by atoms with Crippen LogP contribution in [0.3, 0.4) is 0 Å². The molecule has 2 aromatic carbocycles. The van der Waals surface area contributed by atoms with Crippen LogP contribution in [0.25, 0.3) is 0 Å². The molecule has 0 unspecified atom stereocenters. The second-order valence-electron chi connectivity index (χ2n) is 8.11. The number of carbonyl (C=O) groups excluding carboxylic acids is 4. The number of anilines is 1. The Morgan fingerprint density at radius 1 is 0.806 bits per heavy atom. The SMILES string of the molecule is CC(C)(C)c1ccc(C(=O)NCCC(=O)Nc2ccc(C(=O)NCC(N)=O)cc2)cc1. The molecule has 2 aromatic rings. The van der Waals surface area contributed by atoms with Gasteiger partial charge in [0.05, 0.1) is 6.54 Å². The van der Waals surface area contributed by atoms with E-state index in [2.05, 4.69) is 36.7 Å². The van der Waals surface area contributed by atoms with Gasteiger partial charge in [-0.3, -0.25) is 19.2 Å². The highest BCUT2D eigenvalue weighted by molar-refractivity contribution is 5.97. The highest BCUT2D eigenvalue weighted by Crippen LogP contribution is 2.22. The Hall–Kier alpha value is -3.68. The Kier molecular flexibility index (Phi) is 7.90. The van der Waals surface area contributed by atoms with Crippen LogP contribution in [-0.2, 0) is 15.0 Å². The largest absolute Gasteiger partial charge is 0.368 e. The van der Waals surface area contributed by atoms with E-state index >= 15 is 0 Å². The molecule has 8 nitrogen and oxygen atoms in total. The summed E-state index contributed by atoms with van der Waals surface area (Å²) in [6, 6.07) is 13.6. The van der Waals surface area contributed by atoms with Gasteiger partial charge in [-0.25, -0.2) is 0 Å². The van der Waals surface area contributed by atoms with Crippen molar-refractivity contribution in [3.8, 4) is 0 Å². The van der Waals surface area contributed by atoms with Gasteiger partial charge >= 0.3 is 0 Å². The van der Waals surface area contributed by atoms with Gasteiger partial charge in [0.1, 0.15) is 0 Å². The van der Waals surface area contributed by atoms with E-state index in [1.165, 1.54) is 12.1 Å². The van der Waals surface area contributed by atoms with Crippen LogP contribution in [-0.4, -0.2) is 36.7 Å². The Morgan fingerprint density at radius 3 is 1.84 bits per heavy atom. The zero-order valence-electron chi connectivity index (χ0n) is 18.0. The summed E-state index contributed by atoms with van der Waals surface area (Å²) in [4.78, 5) is 46.8. The van der Waals surface area contributed by atoms with E-state index in [-0.39, 0.29) is 36.7 Å². The molecule has 5 N–H and O–H groups in total. The molecule has 0 radical (unpaired) electrons. The minimum atomic E-state index is -0.633. The van der Waals surface area contributed by atoms with Crippen molar-refractivity contribution in [2.75, 3.05) is 18.4 Å². The number of carbonyl (C=O) groups is 4. The lowest BCUT2D eigenvalue weighted by Crippen LogP contribution is -2.33. The van der Waals surface area contributed by atoms with Crippen LogP contribution < -0.4 is 21.7 Å². The van der Waals surface area contributed by atoms with Crippen LogP contribution in [0, 0.1) is 0 Å². The van der Waals surface area contributed by atoms with Gasteiger partial charge in [0.25, 0.3) is 11.8 Å². The van der Waals surface area contributed by atoms with E-state index in [1.54, 1.807) is 24.3 Å². The van der Waals surface area contributed by atoms with E-state index in [1.807, 2.05) is 12.1 Å². The van der Waals surface area contributed by atoms with E-state index in [4.69, 9.17) is 5.73 Å². The molecule has 0 saturated carbocycles. The maximum absolute atomic E-state index is 12.2. The van der Waals surface area contributed by atoms with Gasteiger partial charge in [-0.05, 0) is 47.4 Å². The van der Waals surface area contributed by atoms with Crippen molar-refractivity contribution in [1.82, 2.24) is 10.6 Å². The summed E-state index contributed by atoms with van der Waals surface area (Å²) in [5, 5.41) is 7.81. The standard InChI is InChI=1S/C23H28N4O4/c1-23(2,3)17-8-4-15(5-9-17)21(30)25-13-12-20(29)27-18-10-6-16(7-11-18)22(31)26-14-19(24)28/h4-11H,12-14H2,1-3H3,(H2,24,28)(H,25,30)(H,26,31)(H,27,29). The van der Waals surface area contributed by atoms with Crippen LogP contribution in [0.1, 0.15) is 53.5 Å². The molecule has 0 aliphatic heterocycles. The number of benzene rings is 2. The minimum absolute atomic E-state index is 0.0125. The molecule has 0 aliphatic rings. The molecule has 8 heteroatoms. The van der Waals surface area contributed by atoms with Crippen molar-refractivity contribution in [2.24, 2.45) is 5.73 Å². The maximum atomic E-state index is 12.2. The molecule has 164 valence electrons. The molecule has 0 spiro atoms. The first kappa shape index (κ1) is 23.6. The van der Waals surface area contributed by atoms with Gasteiger partial charge in [0.15, 0.2) is 0 Å². The van der Waals surface area contributed by atoms with Crippen molar-refractivity contribution < 1.29 is 19.2 Å². The molecule has 4 amide bonds. The fourth-order valence-electron chi connectivity index (χ4n) is 2.71. The number of nitrogens with one attached hydrogen (secondary N) is 3. The predicted octanol–water partition coefficient (Wildman–Crippen LogP) is 1.96. The zero-order chi connectivity index (χ0) is 23.0. The van der Waals surface area contributed by atoms with Crippen LogP contribution in [0.4, 0.5) is 5.69 Å². The quantitative estimate of drug-likeness (QED) is 0.516. The van der Waals surface area contributed by atoms with Crippen molar-refractivity contribution in [2.45, 2.75) is 32.6 Å². The summed E-state index contributed by atoms with van der Waals surface area (Å²) in [5.74, 6) is -1.57. The molecular weight excluding hydrogens is 396 g/mol. The van der Waals surface area contributed by atoms with Gasteiger partial charge < -0.3 is 21.7 Å². The van der Waals surface area contributed by atoms with Crippen LogP contribution in [0.2, 0.25) is 0 Å². The van der Waals surface area contributed by atoms with Crippen molar-refractivity contribution in [3.63, 3.8) is 0 Å². The van der Waals surface area contributed by atoms with Gasteiger partial charge in [0.2, 0.25) is 11.8 Å². The number of hydrogen-bond donors (Lipinski definition) is 4. The topological polar surface area (TPSA) is 130 Å². The maximum Gasteiger partial charge on any atom is 0.251 e. The molecule has 0 aromatic heterocycles. The average Bonchev–Trinajstić information content (AvgIpc) is 2.72. The summed E-state index contributed by atoms with van der Waals surface area (Å²) in [6.45, 7) is 6.26. The Balaban J connectivity index is 1.78. The average molecular weight is 425 g/mol. The number of nitrogens with two attached hydrogens (primary N) is 1. The predicted molar refractivity (Wildman–Crippen MR) is 119 cm³/mol. The first-order valence-electron chi connectivity index (χ1n) is 9.91. The molecule has 0 aliphatic carbocycles. The highest BCUT2D eigenvalue weighted by Gasteiger charge is 2.14. The second kappa shape index (κ2) is 10.4. The third kappa shape index (κ3) is 7.58. The number of rotatable bonds is 8. The van der Waals surface area contributed by atoms with Crippen LogP contribution in [0.5, 0.6) is 0 Å². The molecule has 0 fully saturated rings. The second-order valence-corrected chi connectivity index (χ2v) is 8.11. The molecule has 0 bridgehead atoms. The summed E-state index contributed by atoms with van der Waals surface area (Å²) < 4.78 is 0. The Labute approximate surface area is 181 Å². The third-order valence-electron chi connectivity index (χ3n) is 4.50. The first-order valence-corrected chi connectivity index (χ1v) is 9.91. The van der Waals surface area contributed by atoms with Crippen molar-refractivity contribution >= 4 is 29.3 Å². The fraction of sp³-hybridized carbons (Fsp3) is 0.304. The molecule has 31 heavy (non-hydrogen) atoms. The lowest BCUT2D eigenvalue weighted by Gasteiger charge is -2.19. The fourth-order valence-corrected chi connectivity index (χ4v) is 2.71. The Morgan fingerprint density at radius 2 is 1.32 bits per heavy atom. The van der Waals surface area contributed by atoms with E-state index in [0.717, 1.165) is 5.56 Å². The summed E-state index contributed by atoms with van der Waals surface area (Å²) in [6.07, 6.45) is 0.104. The van der Waals surface area contributed by atoms with Gasteiger partial charge in [0, 0.05) is 29.8 Å². The lowest BCUT2D eigenvalue weighted by molar-refractivity contribution is -0.117. The monoisotopic (exact) mass is 424 g/mol.